The number of benzene rings is 1. The second kappa shape index (κ2) is 9.92. The molecule has 0 radical (unpaired) electrons. The van der Waals surface area contributed by atoms with E-state index < -0.39 is 29.3 Å². The van der Waals surface area contributed by atoms with Crippen molar-refractivity contribution in [2.75, 3.05) is 37.6 Å². The highest BCUT2D eigenvalue weighted by molar-refractivity contribution is 5.94. The molecule has 1 aromatic carbocycles. The predicted molar refractivity (Wildman–Crippen MR) is 106 cm³/mol. The molecule has 1 aliphatic rings. The van der Waals surface area contributed by atoms with E-state index in [1.165, 1.54) is 6.07 Å². The van der Waals surface area contributed by atoms with Gasteiger partial charge in [-0.25, -0.2) is 13.8 Å². The lowest BCUT2D eigenvalue weighted by Gasteiger charge is -2.23. The molecule has 1 fully saturated rings. The number of anilines is 1. The standard InChI is InChI=1S/C21H21F5N4O2/c22-15-3-4-16(17(23)12-15)20(32)27-7-6-19(31)30-9-1-8-29(10-11-30)18-5-2-14(13-28-18)21(24,25)26/h2-5,12-13H,1,6-11H2,(H,27,32). The summed E-state index contributed by atoms with van der Waals surface area (Å²) in [5.41, 5.74) is -1.14. The Labute approximate surface area is 181 Å². The molecular formula is C21H21F5N4O2. The molecule has 1 N–H and O–H groups in total. The Balaban J connectivity index is 1.48. The maximum absolute atomic E-state index is 13.6. The molecule has 6 nitrogen and oxygen atoms in total. The number of alkyl halides is 3. The Morgan fingerprint density at radius 3 is 2.47 bits per heavy atom. The second-order valence-electron chi connectivity index (χ2n) is 7.25. The van der Waals surface area contributed by atoms with Gasteiger partial charge in [-0.15, -0.1) is 0 Å². The monoisotopic (exact) mass is 456 g/mol. The highest BCUT2D eigenvalue weighted by Gasteiger charge is 2.31. The molecular weight excluding hydrogens is 435 g/mol. The highest BCUT2D eigenvalue weighted by Crippen LogP contribution is 2.29. The van der Waals surface area contributed by atoms with Crippen LogP contribution in [0.3, 0.4) is 0 Å². The van der Waals surface area contributed by atoms with Gasteiger partial charge in [0.25, 0.3) is 5.91 Å². The zero-order valence-electron chi connectivity index (χ0n) is 17.0. The van der Waals surface area contributed by atoms with Crippen molar-refractivity contribution in [2.24, 2.45) is 0 Å². The number of hydrogen-bond donors (Lipinski definition) is 1. The van der Waals surface area contributed by atoms with Crippen molar-refractivity contribution in [3.8, 4) is 0 Å². The second-order valence-corrected chi connectivity index (χ2v) is 7.25. The van der Waals surface area contributed by atoms with E-state index in [-0.39, 0.29) is 24.4 Å². The first-order chi connectivity index (χ1) is 15.1. The zero-order valence-corrected chi connectivity index (χ0v) is 17.0. The first-order valence-corrected chi connectivity index (χ1v) is 9.94. The summed E-state index contributed by atoms with van der Waals surface area (Å²) in [6.07, 6.45) is -3.07. The van der Waals surface area contributed by atoms with Crippen LogP contribution in [0.5, 0.6) is 0 Å². The van der Waals surface area contributed by atoms with Gasteiger partial charge in [-0.2, -0.15) is 13.2 Å². The van der Waals surface area contributed by atoms with Crippen LogP contribution >= 0.6 is 0 Å². The summed E-state index contributed by atoms with van der Waals surface area (Å²) in [6.45, 7) is 1.72. The first kappa shape index (κ1) is 23.4. The van der Waals surface area contributed by atoms with Crippen molar-refractivity contribution < 1.29 is 31.5 Å². The van der Waals surface area contributed by atoms with Crippen LogP contribution in [-0.4, -0.2) is 54.4 Å². The normalized spacial score (nSPS) is 14.8. The van der Waals surface area contributed by atoms with E-state index in [1.807, 2.05) is 4.90 Å². The lowest BCUT2D eigenvalue weighted by atomic mass is 10.2. The third-order valence-electron chi connectivity index (χ3n) is 5.05. The van der Waals surface area contributed by atoms with Crippen LogP contribution in [0.4, 0.5) is 27.8 Å². The number of halogens is 5. The lowest BCUT2D eigenvalue weighted by Crippen LogP contribution is -2.37. The number of carbonyl (C=O) groups is 2. The van der Waals surface area contributed by atoms with Crippen LogP contribution < -0.4 is 10.2 Å². The third kappa shape index (κ3) is 5.92. The molecule has 32 heavy (non-hydrogen) atoms. The first-order valence-electron chi connectivity index (χ1n) is 9.94. The number of rotatable bonds is 5. The summed E-state index contributed by atoms with van der Waals surface area (Å²) in [4.78, 5) is 31.8. The van der Waals surface area contributed by atoms with Gasteiger partial charge in [0.15, 0.2) is 0 Å². The molecule has 2 aromatic rings. The van der Waals surface area contributed by atoms with E-state index in [9.17, 15) is 31.5 Å². The molecule has 0 saturated carbocycles. The van der Waals surface area contributed by atoms with Crippen molar-refractivity contribution >= 4 is 17.6 Å². The maximum atomic E-state index is 13.6. The number of nitrogens with zero attached hydrogens (tertiary/aromatic N) is 3. The van der Waals surface area contributed by atoms with Crippen LogP contribution in [-0.2, 0) is 11.0 Å². The Bertz CT molecular complexity index is 966. The van der Waals surface area contributed by atoms with Gasteiger partial charge in [0.1, 0.15) is 17.5 Å². The van der Waals surface area contributed by atoms with Crippen LogP contribution in [0.15, 0.2) is 36.5 Å². The van der Waals surface area contributed by atoms with Crippen LogP contribution in [0.2, 0.25) is 0 Å². The predicted octanol–water partition coefficient (Wildman–Crippen LogP) is 3.24. The van der Waals surface area contributed by atoms with Crippen LogP contribution in [0.25, 0.3) is 0 Å². The average Bonchev–Trinajstić information content (AvgIpc) is 2.99. The fraction of sp³-hybridized carbons (Fsp3) is 0.381. The number of pyridine rings is 1. The smallest absolute Gasteiger partial charge is 0.355 e. The fourth-order valence-electron chi connectivity index (χ4n) is 3.35. The van der Waals surface area contributed by atoms with Gasteiger partial charge in [-0.3, -0.25) is 9.59 Å². The Hall–Kier alpha value is -3.24. The van der Waals surface area contributed by atoms with Gasteiger partial charge in [0, 0.05) is 51.4 Å². The number of amides is 2. The lowest BCUT2D eigenvalue weighted by molar-refractivity contribution is -0.137. The van der Waals surface area contributed by atoms with Crippen molar-refractivity contribution in [1.29, 1.82) is 0 Å². The quantitative estimate of drug-likeness (QED) is 0.702. The topological polar surface area (TPSA) is 65.5 Å². The number of aromatic nitrogens is 1. The van der Waals surface area contributed by atoms with Gasteiger partial charge in [-0.1, -0.05) is 0 Å². The molecule has 0 spiro atoms. The molecule has 3 rings (SSSR count). The minimum absolute atomic E-state index is 0.00686. The number of carbonyl (C=O) groups excluding carboxylic acids is 2. The van der Waals surface area contributed by atoms with Crippen molar-refractivity contribution in [2.45, 2.75) is 19.0 Å². The molecule has 2 heterocycles. The van der Waals surface area contributed by atoms with E-state index in [0.29, 0.717) is 44.5 Å². The van der Waals surface area contributed by atoms with Gasteiger partial charge >= 0.3 is 6.18 Å². The molecule has 172 valence electrons. The van der Waals surface area contributed by atoms with Gasteiger partial charge in [0.2, 0.25) is 5.91 Å². The summed E-state index contributed by atoms with van der Waals surface area (Å²) in [7, 11) is 0. The molecule has 2 amide bonds. The van der Waals surface area contributed by atoms with E-state index >= 15 is 0 Å². The molecule has 1 saturated heterocycles. The molecule has 11 heteroatoms. The van der Waals surface area contributed by atoms with E-state index in [1.54, 1.807) is 4.90 Å². The molecule has 1 aliphatic heterocycles. The van der Waals surface area contributed by atoms with Gasteiger partial charge in [-0.05, 0) is 30.7 Å². The van der Waals surface area contributed by atoms with Crippen molar-refractivity contribution in [3.05, 3.63) is 59.3 Å². The summed E-state index contributed by atoms with van der Waals surface area (Å²) in [5.74, 6) is -2.34. The average molecular weight is 456 g/mol. The van der Waals surface area contributed by atoms with E-state index in [0.717, 1.165) is 24.4 Å². The largest absolute Gasteiger partial charge is 0.417 e. The van der Waals surface area contributed by atoms with Gasteiger partial charge < -0.3 is 15.1 Å². The Morgan fingerprint density at radius 1 is 1.03 bits per heavy atom. The SMILES string of the molecule is O=C(NCCC(=O)N1CCCN(c2ccc(C(F)(F)F)cn2)CC1)c1ccc(F)cc1F. The fourth-order valence-corrected chi connectivity index (χ4v) is 3.35. The molecule has 0 bridgehead atoms. The minimum atomic E-state index is -4.45. The van der Waals surface area contributed by atoms with Crippen LogP contribution in [0.1, 0.15) is 28.8 Å². The van der Waals surface area contributed by atoms with Crippen molar-refractivity contribution in [1.82, 2.24) is 15.2 Å². The maximum Gasteiger partial charge on any atom is 0.417 e. The Kier molecular flexibility index (Phi) is 7.26. The third-order valence-corrected chi connectivity index (χ3v) is 5.05. The molecule has 0 aliphatic carbocycles. The zero-order chi connectivity index (χ0) is 23.3. The van der Waals surface area contributed by atoms with E-state index in [2.05, 4.69) is 10.3 Å². The van der Waals surface area contributed by atoms with E-state index in [4.69, 9.17) is 0 Å². The van der Waals surface area contributed by atoms with Crippen LogP contribution in [0, 0.1) is 11.6 Å². The molecule has 0 unspecified atom stereocenters. The summed E-state index contributed by atoms with van der Waals surface area (Å²) in [5, 5.41) is 2.44. The molecule has 1 aromatic heterocycles. The summed E-state index contributed by atoms with van der Waals surface area (Å²) >= 11 is 0. The number of nitrogens with one attached hydrogen (secondary N) is 1. The highest BCUT2D eigenvalue weighted by atomic mass is 19.4. The van der Waals surface area contributed by atoms with Gasteiger partial charge in [0.05, 0.1) is 11.1 Å². The van der Waals surface area contributed by atoms with Crippen molar-refractivity contribution in [3.63, 3.8) is 0 Å². The number of hydrogen-bond acceptors (Lipinski definition) is 4. The molecule has 0 atom stereocenters. The Morgan fingerprint density at radius 2 is 1.81 bits per heavy atom. The minimum Gasteiger partial charge on any atom is -0.355 e. The summed E-state index contributed by atoms with van der Waals surface area (Å²) < 4.78 is 64.7. The summed E-state index contributed by atoms with van der Waals surface area (Å²) in [6, 6.07) is 4.89.